The van der Waals surface area contributed by atoms with Crippen molar-refractivity contribution in [3.05, 3.63) is 72.9 Å². The van der Waals surface area contributed by atoms with Crippen LogP contribution in [0.2, 0.25) is 0 Å². The van der Waals surface area contributed by atoms with Crippen LogP contribution in [0.4, 0.5) is 0 Å². The van der Waals surface area contributed by atoms with Crippen molar-refractivity contribution in [3.63, 3.8) is 0 Å². The van der Waals surface area contributed by atoms with Crippen molar-refractivity contribution in [1.82, 2.24) is 0 Å². The predicted octanol–water partition coefficient (Wildman–Crippen LogP) is 21.7. The Bertz CT molecular complexity index is 1370. The van der Waals surface area contributed by atoms with Crippen LogP contribution in [-0.4, -0.2) is 37.2 Å². The normalized spacial score (nSPS) is 12.5. The van der Waals surface area contributed by atoms with Gasteiger partial charge >= 0.3 is 17.9 Å². The molecule has 0 aliphatic rings. The summed E-state index contributed by atoms with van der Waals surface area (Å²) in [6.45, 7) is 6.55. The van der Waals surface area contributed by atoms with Gasteiger partial charge in [0.15, 0.2) is 6.10 Å². The zero-order chi connectivity index (χ0) is 53.6. The highest BCUT2D eigenvalue weighted by Gasteiger charge is 2.19. The van der Waals surface area contributed by atoms with Gasteiger partial charge in [-0.05, 0) is 89.9 Å². The van der Waals surface area contributed by atoms with Gasteiger partial charge in [0.2, 0.25) is 0 Å². The molecule has 0 aliphatic heterocycles. The molecule has 0 aromatic heterocycles. The highest BCUT2D eigenvalue weighted by Crippen LogP contribution is 2.17. The first kappa shape index (κ1) is 70.8. The first-order valence-electron chi connectivity index (χ1n) is 31.9. The van der Waals surface area contributed by atoms with E-state index in [9.17, 15) is 14.4 Å². The lowest BCUT2D eigenvalue weighted by atomic mass is 10.0. The second-order valence-corrected chi connectivity index (χ2v) is 21.3. The summed E-state index contributed by atoms with van der Waals surface area (Å²) in [5.41, 5.74) is 0. The maximum absolute atomic E-state index is 12.9. The summed E-state index contributed by atoms with van der Waals surface area (Å²) in [6, 6.07) is 0. The van der Waals surface area contributed by atoms with Crippen LogP contribution in [0.25, 0.3) is 0 Å². The van der Waals surface area contributed by atoms with Gasteiger partial charge in [0.1, 0.15) is 13.2 Å². The van der Waals surface area contributed by atoms with E-state index >= 15 is 0 Å². The Kier molecular flexibility index (Phi) is 59.7. The molecule has 428 valence electrons. The largest absolute Gasteiger partial charge is 0.462 e. The van der Waals surface area contributed by atoms with Crippen LogP contribution in [0, 0.1) is 0 Å². The topological polar surface area (TPSA) is 78.9 Å². The molecule has 0 radical (unpaired) electrons. The third-order valence-corrected chi connectivity index (χ3v) is 13.9. The molecule has 0 rings (SSSR count). The van der Waals surface area contributed by atoms with Gasteiger partial charge in [-0.1, -0.05) is 286 Å². The second kappa shape index (κ2) is 62.4. The standard InChI is InChI=1S/C68H120O6/c1-4-7-10-13-16-19-22-25-28-31-33-34-35-38-40-43-46-49-52-55-58-61-67(70)73-64-65(63-72-66(69)60-57-54-51-48-45-42-39-36-30-27-24-21-18-15-12-9-6-3)74-68(71)62-59-56-53-50-47-44-41-37-32-29-26-23-20-17-14-11-8-5-2/h7,10,16,19,25,28-29,32-34,38,40,65H,4-6,8-9,11-15,17-18,20-24,26-27,30-31,35-37,39,41-64H2,1-3H3/b10-7-,19-16-,28-25-,32-29-,34-33-,40-38-. The molecule has 74 heavy (non-hydrogen) atoms. The Balaban J connectivity index is 4.40. The molecule has 0 amide bonds. The lowest BCUT2D eigenvalue weighted by Gasteiger charge is -2.18. The summed E-state index contributed by atoms with van der Waals surface area (Å²) in [6.07, 6.45) is 80.4. The van der Waals surface area contributed by atoms with Crippen molar-refractivity contribution in [2.75, 3.05) is 13.2 Å². The average molecular weight is 1030 g/mol. The van der Waals surface area contributed by atoms with E-state index in [-0.39, 0.29) is 31.1 Å². The van der Waals surface area contributed by atoms with Gasteiger partial charge in [-0.25, -0.2) is 0 Å². The number of carbonyl (C=O) groups is 3. The van der Waals surface area contributed by atoms with E-state index in [0.717, 1.165) is 109 Å². The van der Waals surface area contributed by atoms with E-state index in [0.29, 0.717) is 19.3 Å². The molecule has 0 heterocycles. The molecule has 0 bridgehead atoms. The molecule has 0 aliphatic carbocycles. The van der Waals surface area contributed by atoms with Gasteiger partial charge in [0.25, 0.3) is 0 Å². The number of rotatable bonds is 58. The van der Waals surface area contributed by atoms with Gasteiger partial charge < -0.3 is 14.2 Å². The maximum atomic E-state index is 12.9. The Labute approximate surface area is 459 Å². The highest BCUT2D eigenvalue weighted by molar-refractivity contribution is 5.71. The first-order chi connectivity index (χ1) is 36.5. The molecule has 0 aromatic carbocycles. The number of carbonyl (C=O) groups excluding carboxylic acids is 3. The second-order valence-electron chi connectivity index (χ2n) is 21.3. The van der Waals surface area contributed by atoms with E-state index in [1.54, 1.807) is 0 Å². The fourth-order valence-corrected chi connectivity index (χ4v) is 9.17. The van der Waals surface area contributed by atoms with Crippen molar-refractivity contribution in [3.8, 4) is 0 Å². The van der Waals surface area contributed by atoms with Gasteiger partial charge in [0, 0.05) is 19.3 Å². The van der Waals surface area contributed by atoms with Crippen LogP contribution >= 0.6 is 0 Å². The van der Waals surface area contributed by atoms with Crippen molar-refractivity contribution in [2.45, 2.75) is 329 Å². The minimum absolute atomic E-state index is 0.0803. The fourth-order valence-electron chi connectivity index (χ4n) is 9.17. The number of allylic oxidation sites excluding steroid dienone is 12. The average Bonchev–Trinajstić information content (AvgIpc) is 3.40. The van der Waals surface area contributed by atoms with E-state index < -0.39 is 6.10 Å². The Morgan fingerprint density at radius 2 is 0.527 bits per heavy atom. The zero-order valence-corrected chi connectivity index (χ0v) is 49.1. The van der Waals surface area contributed by atoms with Crippen molar-refractivity contribution >= 4 is 17.9 Å². The van der Waals surface area contributed by atoms with Crippen LogP contribution in [-0.2, 0) is 28.6 Å². The molecule has 0 aromatic rings. The number of ether oxygens (including phenoxy) is 3. The van der Waals surface area contributed by atoms with Gasteiger partial charge in [0.05, 0.1) is 0 Å². The lowest BCUT2D eigenvalue weighted by Crippen LogP contribution is -2.30. The molecule has 0 spiro atoms. The van der Waals surface area contributed by atoms with E-state index in [2.05, 4.69) is 93.7 Å². The summed E-state index contributed by atoms with van der Waals surface area (Å²) in [5.74, 6) is -0.888. The van der Waals surface area contributed by atoms with Crippen molar-refractivity contribution < 1.29 is 28.6 Å². The van der Waals surface area contributed by atoms with Crippen LogP contribution in [0.15, 0.2) is 72.9 Å². The first-order valence-corrected chi connectivity index (χ1v) is 31.9. The molecule has 1 unspecified atom stereocenters. The predicted molar refractivity (Wildman–Crippen MR) is 321 cm³/mol. The van der Waals surface area contributed by atoms with Crippen LogP contribution < -0.4 is 0 Å². The van der Waals surface area contributed by atoms with E-state index in [1.165, 1.54) is 173 Å². The van der Waals surface area contributed by atoms with E-state index in [4.69, 9.17) is 14.2 Å². The van der Waals surface area contributed by atoms with Crippen molar-refractivity contribution in [1.29, 1.82) is 0 Å². The number of esters is 3. The summed E-state index contributed by atoms with van der Waals surface area (Å²) < 4.78 is 16.9. The summed E-state index contributed by atoms with van der Waals surface area (Å²) in [5, 5.41) is 0. The molecule has 0 saturated heterocycles. The minimum Gasteiger partial charge on any atom is -0.462 e. The van der Waals surface area contributed by atoms with Gasteiger partial charge in [-0.15, -0.1) is 0 Å². The van der Waals surface area contributed by atoms with Gasteiger partial charge in [-0.2, -0.15) is 0 Å². The molecule has 6 nitrogen and oxygen atoms in total. The molecule has 0 saturated carbocycles. The molecule has 0 fully saturated rings. The van der Waals surface area contributed by atoms with Crippen molar-refractivity contribution in [2.24, 2.45) is 0 Å². The highest BCUT2D eigenvalue weighted by atomic mass is 16.6. The molecular weight excluding hydrogens is 913 g/mol. The molecule has 0 N–H and O–H groups in total. The Morgan fingerprint density at radius 3 is 0.838 bits per heavy atom. The monoisotopic (exact) mass is 1030 g/mol. The molecular formula is C68H120O6. The lowest BCUT2D eigenvalue weighted by molar-refractivity contribution is -0.167. The molecule has 1 atom stereocenters. The third kappa shape index (κ3) is 59.7. The van der Waals surface area contributed by atoms with Crippen LogP contribution in [0.1, 0.15) is 323 Å². The molecule has 6 heteroatoms. The Hall–Kier alpha value is -3.15. The van der Waals surface area contributed by atoms with Crippen LogP contribution in [0.3, 0.4) is 0 Å². The maximum Gasteiger partial charge on any atom is 0.306 e. The summed E-state index contributed by atoms with van der Waals surface area (Å²) in [4.78, 5) is 38.3. The van der Waals surface area contributed by atoms with Gasteiger partial charge in [-0.3, -0.25) is 14.4 Å². The number of hydrogen-bond acceptors (Lipinski definition) is 6. The summed E-state index contributed by atoms with van der Waals surface area (Å²) >= 11 is 0. The van der Waals surface area contributed by atoms with Crippen LogP contribution in [0.5, 0.6) is 0 Å². The zero-order valence-electron chi connectivity index (χ0n) is 49.1. The number of hydrogen-bond donors (Lipinski definition) is 0. The minimum atomic E-state index is -0.786. The number of unbranched alkanes of at least 4 members (excludes halogenated alkanes) is 35. The SMILES string of the molecule is CC/C=C\C/C=C\C/C=C\C/C=C\C/C=C\CCCCCCCC(=O)OCC(COC(=O)CCCCCCCCCCCCCCCCCCC)OC(=O)CCCCCCCCC/C=C\CCCCCCCCC. The Morgan fingerprint density at radius 1 is 0.284 bits per heavy atom. The van der Waals surface area contributed by atoms with E-state index in [1.807, 2.05) is 0 Å². The fraction of sp³-hybridized carbons (Fsp3) is 0.779. The third-order valence-electron chi connectivity index (χ3n) is 13.9. The quantitative estimate of drug-likeness (QED) is 0.0261. The smallest absolute Gasteiger partial charge is 0.306 e. The summed E-state index contributed by atoms with van der Waals surface area (Å²) in [7, 11) is 0.